The summed E-state index contributed by atoms with van der Waals surface area (Å²) in [6.07, 6.45) is 4.68. The van der Waals surface area contributed by atoms with Crippen LogP contribution in [0.3, 0.4) is 0 Å². The van der Waals surface area contributed by atoms with Crippen LogP contribution in [0.4, 0.5) is 0 Å². The lowest BCUT2D eigenvalue weighted by Gasteiger charge is -2.28. The Labute approximate surface area is 187 Å². The van der Waals surface area contributed by atoms with E-state index in [0.717, 1.165) is 49.4 Å². The van der Waals surface area contributed by atoms with Gasteiger partial charge in [-0.15, -0.1) is 24.0 Å². The number of hydrogen-bond acceptors (Lipinski definition) is 4. The van der Waals surface area contributed by atoms with E-state index in [0.29, 0.717) is 0 Å². The van der Waals surface area contributed by atoms with Crippen molar-refractivity contribution in [3.63, 3.8) is 0 Å². The van der Waals surface area contributed by atoms with E-state index in [4.69, 9.17) is 14.5 Å². The Bertz CT molecular complexity index is 590. The van der Waals surface area contributed by atoms with Gasteiger partial charge in [0.1, 0.15) is 0 Å². The molecule has 2 rings (SSSR count). The molecule has 2 N–H and O–H groups in total. The first kappa shape index (κ1) is 24.8. The molecule has 0 bridgehead atoms. The Morgan fingerprint density at radius 3 is 2.50 bits per heavy atom. The van der Waals surface area contributed by atoms with Crippen molar-refractivity contribution < 1.29 is 9.47 Å². The Hall–Kier alpha value is -1.22. The maximum atomic E-state index is 5.38. The van der Waals surface area contributed by atoms with E-state index in [1.54, 1.807) is 14.2 Å². The van der Waals surface area contributed by atoms with Crippen LogP contribution in [0.2, 0.25) is 0 Å². The molecule has 6 nitrogen and oxygen atoms in total. The number of benzene rings is 1. The highest BCUT2D eigenvalue weighted by atomic mass is 127. The second-order valence-electron chi connectivity index (χ2n) is 7.16. The summed E-state index contributed by atoms with van der Waals surface area (Å²) in [5, 5.41) is 6.78. The van der Waals surface area contributed by atoms with Gasteiger partial charge < -0.3 is 25.0 Å². The molecule has 0 unspecified atom stereocenters. The van der Waals surface area contributed by atoms with E-state index in [9.17, 15) is 0 Å². The minimum absolute atomic E-state index is 0. The normalized spacial score (nSPS) is 15.6. The molecule has 1 aromatic carbocycles. The molecule has 0 amide bonds. The highest BCUT2D eigenvalue weighted by Gasteiger charge is 2.15. The summed E-state index contributed by atoms with van der Waals surface area (Å²) in [7, 11) is 5.53. The lowest BCUT2D eigenvalue weighted by molar-refractivity contribution is 0.214. The topological polar surface area (TPSA) is 58.1 Å². The van der Waals surface area contributed by atoms with Crippen molar-refractivity contribution in [3.05, 3.63) is 23.8 Å². The number of nitrogens with zero attached hydrogens (tertiary/aromatic N) is 2. The van der Waals surface area contributed by atoms with Crippen LogP contribution in [0.15, 0.2) is 23.2 Å². The predicted octanol–water partition coefficient (Wildman–Crippen LogP) is 3.15. The zero-order valence-electron chi connectivity index (χ0n) is 17.8. The van der Waals surface area contributed by atoms with Gasteiger partial charge in [-0.1, -0.05) is 6.07 Å². The maximum absolute atomic E-state index is 5.38. The van der Waals surface area contributed by atoms with Gasteiger partial charge >= 0.3 is 0 Å². The van der Waals surface area contributed by atoms with Gasteiger partial charge in [0.15, 0.2) is 17.5 Å². The van der Waals surface area contributed by atoms with Gasteiger partial charge in [0, 0.05) is 19.6 Å². The number of likely N-dealkylation sites (tertiary alicyclic amines) is 1. The highest BCUT2D eigenvalue weighted by Crippen LogP contribution is 2.27. The fourth-order valence-corrected chi connectivity index (χ4v) is 3.41. The largest absolute Gasteiger partial charge is 0.493 e. The molecule has 1 aliphatic rings. The van der Waals surface area contributed by atoms with Gasteiger partial charge in [0.25, 0.3) is 0 Å². The van der Waals surface area contributed by atoms with Gasteiger partial charge in [0.2, 0.25) is 0 Å². The molecule has 7 heteroatoms. The monoisotopic (exact) mass is 504 g/mol. The van der Waals surface area contributed by atoms with Crippen LogP contribution in [0.1, 0.15) is 31.7 Å². The number of ether oxygens (including phenoxy) is 2. The molecule has 1 heterocycles. The lowest BCUT2D eigenvalue weighted by Crippen LogP contribution is -2.38. The Kier molecular flexibility index (Phi) is 12.3. The molecule has 0 aliphatic carbocycles. The molecular formula is C21H37IN4O2. The van der Waals surface area contributed by atoms with Crippen molar-refractivity contribution in [2.75, 3.05) is 54.0 Å². The maximum Gasteiger partial charge on any atom is 0.191 e. The van der Waals surface area contributed by atoms with E-state index in [1.807, 2.05) is 12.1 Å². The molecule has 1 aromatic rings. The van der Waals surface area contributed by atoms with Crippen molar-refractivity contribution in [1.82, 2.24) is 15.5 Å². The van der Waals surface area contributed by atoms with E-state index in [2.05, 4.69) is 35.6 Å². The smallest absolute Gasteiger partial charge is 0.191 e. The summed E-state index contributed by atoms with van der Waals surface area (Å²) < 4.78 is 10.7. The van der Waals surface area contributed by atoms with Crippen LogP contribution < -0.4 is 20.1 Å². The molecule has 160 valence electrons. The van der Waals surface area contributed by atoms with Crippen LogP contribution in [-0.2, 0) is 6.42 Å². The average Bonchev–Trinajstić information content (AvgIpc) is 2.69. The zero-order chi connectivity index (χ0) is 19.5. The SMILES string of the molecule is CCNC(=NCCC1CCN(C)CC1)NCCc1ccc(OC)c(OC)c1.I. The molecule has 1 saturated heterocycles. The fraction of sp³-hybridized carbons (Fsp3) is 0.667. The fourth-order valence-electron chi connectivity index (χ4n) is 3.41. The molecule has 0 atom stereocenters. The summed E-state index contributed by atoms with van der Waals surface area (Å²) in [5.74, 6) is 3.26. The molecular weight excluding hydrogens is 467 g/mol. The minimum atomic E-state index is 0. The zero-order valence-corrected chi connectivity index (χ0v) is 20.1. The van der Waals surface area contributed by atoms with E-state index >= 15 is 0 Å². The highest BCUT2D eigenvalue weighted by molar-refractivity contribution is 14.0. The second kappa shape index (κ2) is 13.9. The molecule has 1 fully saturated rings. The van der Waals surface area contributed by atoms with Crippen LogP contribution in [0.25, 0.3) is 0 Å². The number of hydrogen-bond donors (Lipinski definition) is 2. The molecule has 0 aromatic heterocycles. The number of rotatable bonds is 9. The quantitative estimate of drug-likeness (QED) is 0.308. The predicted molar refractivity (Wildman–Crippen MR) is 127 cm³/mol. The van der Waals surface area contributed by atoms with Crippen LogP contribution in [0.5, 0.6) is 11.5 Å². The molecule has 28 heavy (non-hydrogen) atoms. The van der Waals surface area contributed by atoms with E-state index in [-0.39, 0.29) is 24.0 Å². The lowest BCUT2D eigenvalue weighted by atomic mass is 9.94. The molecule has 1 aliphatic heterocycles. The first-order valence-electron chi connectivity index (χ1n) is 10.1. The van der Waals surface area contributed by atoms with Crippen molar-refractivity contribution in [2.24, 2.45) is 10.9 Å². The summed E-state index contributed by atoms with van der Waals surface area (Å²) in [5.41, 5.74) is 1.21. The third-order valence-corrected chi connectivity index (χ3v) is 5.14. The van der Waals surface area contributed by atoms with Gasteiger partial charge in [-0.05, 0) is 76.4 Å². The van der Waals surface area contributed by atoms with Crippen LogP contribution >= 0.6 is 24.0 Å². The number of guanidine groups is 1. The first-order chi connectivity index (χ1) is 13.2. The number of piperidine rings is 1. The summed E-state index contributed by atoms with van der Waals surface area (Å²) in [6, 6.07) is 6.06. The average molecular weight is 504 g/mol. The van der Waals surface area contributed by atoms with Crippen molar-refractivity contribution in [2.45, 2.75) is 32.6 Å². The summed E-state index contributed by atoms with van der Waals surface area (Å²) in [6.45, 7) is 7.13. The Balaban J connectivity index is 0.00000392. The number of halogens is 1. The molecule has 0 spiro atoms. The number of methoxy groups -OCH3 is 2. The first-order valence-corrected chi connectivity index (χ1v) is 10.1. The van der Waals surface area contributed by atoms with Crippen molar-refractivity contribution >= 4 is 29.9 Å². The molecule has 0 radical (unpaired) electrons. The Morgan fingerprint density at radius 2 is 1.86 bits per heavy atom. The summed E-state index contributed by atoms with van der Waals surface area (Å²) >= 11 is 0. The Morgan fingerprint density at radius 1 is 1.14 bits per heavy atom. The van der Waals surface area contributed by atoms with Gasteiger partial charge in [-0.25, -0.2) is 0 Å². The van der Waals surface area contributed by atoms with Crippen LogP contribution in [-0.4, -0.2) is 64.9 Å². The molecule has 0 saturated carbocycles. The third kappa shape index (κ3) is 8.43. The van der Waals surface area contributed by atoms with Crippen molar-refractivity contribution in [3.8, 4) is 11.5 Å². The minimum Gasteiger partial charge on any atom is -0.493 e. The summed E-state index contributed by atoms with van der Waals surface area (Å²) in [4.78, 5) is 7.17. The second-order valence-corrected chi connectivity index (χ2v) is 7.16. The van der Waals surface area contributed by atoms with Gasteiger partial charge in [-0.3, -0.25) is 4.99 Å². The number of aliphatic imine (C=N–C) groups is 1. The van der Waals surface area contributed by atoms with Crippen molar-refractivity contribution in [1.29, 1.82) is 0 Å². The van der Waals surface area contributed by atoms with Gasteiger partial charge in [0.05, 0.1) is 14.2 Å². The number of nitrogens with one attached hydrogen (secondary N) is 2. The van der Waals surface area contributed by atoms with E-state index < -0.39 is 0 Å². The van der Waals surface area contributed by atoms with E-state index in [1.165, 1.54) is 37.9 Å². The standard InChI is InChI=1S/C21H36N4O2.HI/c1-5-22-21(23-12-8-17-10-14-25(2)15-11-17)24-13-9-18-6-7-19(26-3)20(16-18)27-4;/h6-7,16-17H,5,8-15H2,1-4H3,(H2,22,23,24);1H. The van der Waals surface area contributed by atoms with Gasteiger partial charge in [-0.2, -0.15) is 0 Å². The third-order valence-electron chi connectivity index (χ3n) is 5.14. The van der Waals surface area contributed by atoms with Crippen LogP contribution in [0, 0.1) is 5.92 Å².